The van der Waals surface area contributed by atoms with Crippen LogP contribution in [-0.4, -0.2) is 22.6 Å². The molecule has 0 saturated carbocycles. The Labute approximate surface area is 143 Å². The minimum absolute atomic E-state index is 0.228. The van der Waals surface area contributed by atoms with Crippen LogP contribution in [0.1, 0.15) is 49.3 Å². The maximum Gasteiger partial charge on any atom is 0.276 e. The zero-order valence-corrected chi connectivity index (χ0v) is 14.9. The Bertz CT molecular complexity index is 658. The minimum Gasteiger partial charge on any atom is -0.368 e. The van der Waals surface area contributed by atoms with Gasteiger partial charge in [0.2, 0.25) is 0 Å². The summed E-state index contributed by atoms with van der Waals surface area (Å²) >= 11 is 0. The number of para-hydroxylation sites is 1. The third-order valence-corrected chi connectivity index (χ3v) is 3.83. The monoisotopic (exact) mass is 326 g/mol. The van der Waals surface area contributed by atoms with E-state index in [4.69, 9.17) is 0 Å². The summed E-state index contributed by atoms with van der Waals surface area (Å²) in [6, 6.07) is 9.60. The van der Waals surface area contributed by atoms with Gasteiger partial charge in [0.05, 0.1) is 0 Å². The first-order valence-electron chi connectivity index (χ1n) is 8.54. The van der Waals surface area contributed by atoms with Gasteiger partial charge in [-0.3, -0.25) is 4.79 Å². The fourth-order valence-electron chi connectivity index (χ4n) is 2.44. The molecule has 0 radical (unpaired) electrons. The lowest BCUT2D eigenvalue weighted by molar-refractivity contribution is 0.102. The van der Waals surface area contributed by atoms with Crippen molar-refractivity contribution in [2.45, 2.75) is 40.5 Å². The molecule has 0 bridgehead atoms. The maximum absolute atomic E-state index is 12.5. The zero-order chi connectivity index (χ0) is 17.5. The molecule has 1 aromatic carbocycles. The number of hydrogen-bond acceptors (Lipinski definition) is 4. The molecule has 0 spiro atoms. The molecule has 1 amide bonds. The van der Waals surface area contributed by atoms with Crippen LogP contribution in [0.4, 0.5) is 11.5 Å². The van der Waals surface area contributed by atoms with E-state index >= 15 is 0 Å². The summed E-state index contributed by atoms with van der Waals surface area (Å²) in [5.41, 5.74) is 3.48. The summed E-state index contributed by atoms with van der Waals surface area (Å²) in [4.78, 5) is 12.5. The second-order valence-corrected chi connectivity index (χ2v) is 6.19. The van der Waals surface area contributed by atoms with Crippen molar-refractivity contribution in [3.63, 3.8) is 0 Å². The largest absolute Gasteiger partial charge is 0.368 e. The Kier molecular flexibility index (Phi) is 6.29. The summed E-state index contributed by atoms with van der Waals surface area (Å²) < 4.78 is 0. The summed E-state index contributed by atoms with van der Waals surface area (Å²) in [6.07, 6.45) is 1.74. The van der Waals surface area contributed by atoms with E-state index in [2.05, 4.69) is 48.5 Å². The molecule has 0 aliphatic heterocycles. The Morgan fingerprint density at radius 2 is 1.71 bits per heavy atom. The van der Waals surface area contributed by atoms with Gasteiger partial charge in [0.25, 0.3) is 5.91 Å². The Morgan fingerprint density at radius 3 is 2.21 bits per heavy atom. The van der Waals surface area contributed by atoms with Gasteiger partial charge in [0, 0.05) is 12.2 Å². The highest BCUT2D eigenvalue weighted by Gasteiger charge is 2.13. The highest BCUT2D eigenvalue weighted by Crippen LogP contribution is 2.23. The van der Waals surface area contributed by atoms with Crippen molar-refractivity contribution in [1.29, 1.82) is 0 Å². The number of nitrogens with zero attached hydrogens (tertiary/aromatic N) is 2. The molecule has 5 nitrogen and oxygen atoms in total. The molecule has 1 heterocycles. The summed E-state index contributed by atoms with van der Waals surface area (Å²) in [5, 5.41) is 14.3. The van der Waals surface area contributed by atoms with Gasteiger partial charge in [-0.05, 0) is 42.0 Å². The van der Waals surface area contributed by atoms with Gasteiger partial charge < -0.3 is 10.6 Å². The number of anilines is 2. The van der Waals surface area contributed by atoms with Crippen molar-refractivity contribution < 1.29 is 4.79 Å². The van der Waals surface area contributed by atoms with Crippen molar-refractivity contribution in [3.8, 4) is 0 Å². The van der Waals surface area contributed by atoms with E-state index < -0.39 is 0 Å². The first-order chi connectivity index (χ1) is 11.5. The van der Waals surface area contributed by atoms with Crippen LogP contribution in [0.15, 0.2) is 30.3 Å². The molecular formula is C19H26N4O. The summed E-state index contributed by atoms with van der Waals surface area (Å²) in [7, 11) is 0. The number of hydrogen-bond donors (Lipinski definition) is 2. The molecule has 128 valence electrons. The van der Waals surface area contributed by atoms with Crippen LogP contribution in [0.5, 0.6) is 0 Å². The summed E-state index contributed by atoms with van der Waals surface area (Å²) in [5.74, 6) is 0.977. The Morgan fingerprint density at radius 1 is 1.04 bits per heavy atom. The average molecular weight is 326 g/mol. The van der Waals surface area contributed by atoms with Crippen LogP contribution < -0.4 is 10.6 Å². The maximum atomic E-state index is 12.5. The van der Waals surface area contributed by atoms with E-state index in [9.17, 15) is 4.79 Å². The molecule has 2 N–H and O–H groups in total. The second-order valence-electron chi connectivity index (χ2n) is 6.19. The van der Waals surface area contributed by atoms with Gasteiger partial charge in [-0.25, -0.2) is 0 Å². The van der Waals surface area contributed by atoms with Crippen molar-refractivity contribution in [2.24, 2.45) is 5.92 Å². The van der Waals surface area contributed by atoms with Gasteiger partial charge in [-0.1, -0.05) is 45.9 Å². The van der Waals surface area contributed by atoms with Crippen molar-refractivity contribution in [2.75, 3.05) is 17.2 Å². The fraction of sp³-hybridized carbons (Fsp3) is 0.421. The highest BCUT2D eigenvalue weighted by molar-refractivity contribution is 6.03. The first kappa shape index (κ1) is 17.9. The third-order valence-electron chi connectivity index (χ3n) is 3.83. The second kappa shape index (κ2) is 8.43. The Hall–Kier alpha value is -2.43. The van der Waals surface area contributed by atoms with Gasteiger partial charge in [0.1, 0.15) is 5.82 Å². The predicted molar refractivity (Wildman–Crippen MR) is 98.5 cm³/mol. The standard InChI is InChI=1S/C19H26N4O/c1-5-14-8-7-9-15(6-2)18(14)21-19(24)16-10-11-17(23-22-16)20-12-13(3)4/h7-11,13H,5-6,12H2,1-4H3,(H,20,23)(H,21,24). The molecule has 0 aliphatic rings. The van der Waals surface area contributed by atoms with E-state index in [-0.39, 0.29) is 5.91 Å². The lowest BCUT2D eigenvalue weighted by atomic mass is 10.0. The Balaban J connectivity index is 2.13. The van der Waals surface area contributed by atoms with E-state index in [1.807, 2.05) is 18.2 Å². The molecule has 0 saturated heterocycles. The number of benzene rings is 1. The minimum atomic E-state index is -0.228. The molecule has 2 rings (SSSR count). The predicted octanol–water partition coefficient (Wildman–Crippen LogP) is 3.92. The average Bonchev–Trinajstić information content (AvgIpc) is 2.60. The van der Waals surface area contributed by atoms with E-state index in [1.165, 1.54) is 0 Å². The quantitative estimate of drug-likeness (QED) is 0.809. The number of carbonyl (C=O) groups is 1. The molecular weight excluding hydrogens is 300 g/mol. The van der Waals surface area contributed by atoms with Gasteiger partial charge >= 0.3 is 0 Å². The van der Waals surface area contributed by atoms with E-state index in [0.717, 1.165) is 36.2 Å². The van der Waals surface area contributed by atoms with Crippen LogP contribution >= 0.6 is 0 Å². The van der Waals surface area contributed by atoms with Crippen molar-refractivity contribution in [1.82, 2.24) is 10.2 Å². The SMILES string of the molecule is CCc1cccc(CC)c1NC(=O)c1ccc(NCC(C)C)nn1. The fourth-order valence-corrected chi connectivity index (χ4v) is 2.44. The van der Waals surface area contributed by atoms with Crippen LogP contribution in [0.2, 0.25) is 0 Å². The number of aryl methyl sites for hydroxylation is 2. The summed E-state index contributed by atoms with van der Waals surface area (Å²) in [6.45, 7) is 9.24. The van der Waals surface area contributed by atoms with Crippen LogP contribution in [0.25, 0.3) is 0 Å². The van der Waals surface area contributed by atoms with Crippen LogP contribution in [0.3, 0.4) is 0 Å². The molecule has 0 aliphatic carbocycles. The molecule has 24 heavy (non-hydrogen) atoms. The normalized spacial score (nSPS) is 10.7. The van der Waals surface area contributed by atoms with E-state index in [0.29, 0.717) is 17.4 Å². The lowest BCUT2D eigenvalue weighted by Gasteiger charge is -2.14. The van der Waals surface area contributed by atoms with Gasteiger partial charge in [-0.15, -0.1) is 10.2 Å². The zero-order valence-electron chi connectivity index (χ0n) is 14.9. The number of nitrogens with one attached hydrogen (secondary N) is 2. The number of amides is 1. The lowest BCUT2D eigenvalue weighted by Crippen LogP contribution is -2.17. The molecule has 0 fully saturated rings. The molecule has 0 unspecified atom stereocenters. The molecule has 0 atom stereocenters. The molecule has 2 aromatic rings. The number of carbonyl (C=O) groups excluding carboxylic acids is 1. The molecule has 5 heteroatoms. The smallest absolute Gasteiger partial charge is 0.276 e. The topological polar surface area (TPSA) is 66.9 Å². The first-order valence-corrected chi connectivity index (χ1v) is 8.54. The molecule has 1 aromatic heterocycles. The third kappa shape index (κ3) is 4.54. The van der Waals surface area contributed by atoms with Gasteiger partial charge in [-0.2, -0.15) is 0 Å². The van der Waals surface area contributed by atoms with Crippen LogP contribution in [-0.2, 0) is 12.8 Å². The van der Waals surface area contributed by atoms with Crippen molar-refractivity contribution in [3.05, 3.63) is 47.2 Å². The highest BCUT2D eigenvalue weighted by atomic mass is 16.1. The number of rotatable bonds is 7. The van der Waals surface area contributed by atoms with Crippen LogP contribution in [0, 0.1) is 5.92 Å². The number of aromatic nitrogens is 2. The van der Waals surface area contributed by atoms with Crippen molar-refractivity contribution >= 4 is 17.4 Å². The van der Waals surface area contributed by atoms with E-state index in [1.54, 1.807) is 12.1 Å². The van der Waals surface area contributed by atoms with Gasteiger partial charge in [0.15, 0.2) is 5.69 Å².